The van der Waals surface area contributed by atoms with Crippen molar-refractivity contribution in [2.45, 2.75) is 45.1 Å². The van der Waals surface area contributed by atoms with Crippen LogP contribution in [-0.4, -0.2) is 42.3 Å². The SMILES string of the molecule is Cc1noc(C)c1CCCNC(=O)N1CCO[C@@]2(CCc3ccccc32)C1. The van der Waals surface area contributed by atoms with Gasteiger partial charge >= 0.3 is 6.03 Å². The first-order chi connectivity index (χ1) is 13.1. The average Bonchev–Trinajstić information content (AvgIpc) is 3.20. The Kier molecular flexibility index (Phi) is 4.91. The molecule has 2 aliphatic rings. The number of hydrogen-bond acceptors (Lipinski definition) is 4. The molecular formula is C21H27N3O3. The van der Waals surface area contributed by atoms with Gasteiger partial charge in [0, 0.05) is 18.7 Å². The maximum atomic E-state index is 12.7. The number of urea groups is 1. The molecule has 1 atom stereocenters. The first-order valence-electron chi connectivity index (χ1n) is 9.76. The molecule has 0 unspecified atom stereocenters. The second-order valence-electron chi connectivity index (χ2n) is 7.56. The lowest BCUT2D eigenvalue weighted by atomic mass is 9.94. The van der Waals surface area contributed by atoms with Crippen molar-refractivity contribution in [3.8, 4) is 0 Å². The Hall–Kier alpha value is -2.34. The van der Waals surface area contributed by atoms with E-state index in [2.05, 4.69) is 34.7 Å². The largest absolute Gasteiger partial charge is 0.367 e. The summed E-state index contributed by atoms with van der Waals surface area (Å²) in [4.78, 5) is 14.6. The first-order valence-corrected chi connectivity index (χ1v) is 9.76. The summed E-state index contributed by atoms with van der Waals surface area (Å²) in [5, 5.41) is 7.04. The third-order valence-corrected chi connectivity index (χ3v) is 5.84. The molecule has 2 amide bonds. The van der Waals surface area contributed by atoms with Gasteiger partial charge in [-0.2, -0.15) is 0 Å². The Labute approximate surface area is 159 Å². The van der Waals surface area contributed by atoms with Crippen LogP contribution in [0.15, 0.2) is 28.8 Å². The van der Waals surface area contributed by atoms with Crippen LogP contribution in [0.1, 0.15) is 41.0 Å². The number of carbonyl (C=O) groups excluding carboxylic acids is 1. The highest BCUT2D eigenvalue weighted by Gasteiger charge is 2.44. The molecule has 27 heavy (non-hydrogen) atoms. The number of aryl methyl sites for hydroxylation is 3. The van der Waals surface area contributed by atoms with Crippen LogP contribution < -0.4 is 5.32 Å². The van der Waals surface area contributed by atoms with Gasteiger partial charge in [-0.15, -0.1) is 0 Å². The van der Waals surface area contributed by atoms with Gasteiger partial charge in [0.25, 0.3) is 0 Å². The van der Waals surface area contributed by atoms with Crippen LogP contribution in [0, 0.1) is 13.8 Å². The summed E-state index contributed by atoms with van der Waals surface area (Å²) in [6, 6.07) is 8.45. The molecule has 2 heterocycles. The minimum absolute atomic E-state index is 0.000758. The second-order valence-corrected chi connectivity index (χ2v) is 7.56. The van der Waals surface area contributed by atoms with Gasteiger partial charge in [-0.3, -0.25) is 0 Å². The van der Waals surface area contributed by atoms with E-state index in [1.807, 2.05) is 18.7 Å². The van der Waals surface area contributed by atoms with E-state index in [0.717, 1.165) is 42.7 Å². The zero-order chi connectivity index (χ0) is 18.9. The number of fused-ring (bicyclic) bond motifs is 2. The minimum atomic E-state index is -0.330. The summed E-state index contributed by atoms with van der Waals surface area (Å²) in [6.45, 7) is 6.38. The molecule has 2 aromatic rings. The highest BCUT2D eigenvalue weighted by molar-refractivity contribution is 5.74. The van der Waals surface area contributed by atoms with Crippen molar-refractivity contribution in [3.05, 3.63) is 52.4 Å². The van der Waals surface area contributed by atoms with Crippen molar-refractivity contribution in [2.75, 3.05) is 26.2 Å². The number of rotatable bonds is 4. The number of carbonyl (C=O) groups is 1. The van der Waals surface area contributed by atoms with E-state index >= 15 is 0 Å². The summed E-state index contributed by atoms with van der Waals surface area (Å²) in [7, 11) is 0. The molecule has 1 spiro atoms. The van der Waals surface area contributed by atoms with Gasteiger partial charge in [-0.25, -0.2) is 4.79 Å². The van der Waals surface area contributed by atoms with Crippen LogP contribution in [0.25, 0.3) is 0 Å². The van der Waals surface area contributed by atoms with Crippen molar-refractivity contribution < 1.29 is 14.1 Å². The normalized spacial score (nSPS) is 21.5. The molecule has 0 bridgehead atoms. The lowest BCUT2D eigenvalue weighted by Gasteiger charge is -2.41. The van der Waals surface area contributed by atoms with Crippen molar-refractivity contribution >= 4 is 6.03 Å². The van der Waals surface area contributed by atoms with Crippen molar-refractivity contribution in [3.63, 3.8) is 0 Å². The Morgan fingerprint density at radius 2 is 2.19 bits per heavy atom. The van der Waals surface area contributed by atoms with Gasteiger partial charge < -0.3 is 19.5 Å². The van der Waals surface area contributed by atoms with Gasteiger partial charge in [0.1, 0.15) is 11.4 Å². The van der Waals surface area contributed by atoms with Crippen LogP contribution in [0.4, 0.5) is 4.79 Å². The maximum absolute atomic E-state index is 12.7. The summed E-state index contributed by atoms with van der Waals surface area (Å²) >= 11 is 0. The summed E-state index contributed by atoms with van der Waals surface area (Å²) in [6.07, 6.45) is 3.69. The number of ether oxygens (including phenoxy) is 1. The Morgan fingerprint density at radius 3 is 3.00 bits per heavy atom. The molecule has 1 N–H and O–H groups in total. The van der Waals surface area contributed by atoms with E-state index in [1.54, 1.807) is 0 Å². The Bertz CT molecular complexity index is 808. The Balaban J connectivity index is 1.32. The van der Waals surface area contributed by atoms with E-state index in [4.69, 9.17) is 9.26 Å². The molecule has 6 nitrogen and oxygen atoms in total. The quantitative estimate of drug-likeness (QED) is 0.841. The highest BCUT2D eigenvalue weighted by atomic mass is 16.5. The van der Waals surface area contributed by atoms with E-state index < -0.39 is 0 Å². The zero-order valence-electron chi connectivity index (χ0n) is 16.1. The minimum Gasteiger partial charge on any atom is -0.367 e. The molecule has 144 valence electrons. The van der Waals surface area contributed by atoms with Gasteiger partial charge in [-0.05, 0) is 50.7 Å². The third kappa shape index (κ3) is 3.46. The molecule has 1 aromatic heterocycles. The van der Waals surface area contributed by atoms with E-state index in [-0.39, 0.29) is 11.6 Å². The molecule has 1 aliphatic heterocycles. The van der Waals surface area contributed by atoms with Crippen LogP contribution >= 0.6 is 0 Å². The van der Waals surface area contributed by atoms with Crippen molar-refractivity contribution in [1.29, 1.82) is 0 Å². The first kappa shape index (κ1) is 18.0. The summed E-state index contributed by atoms with van der Waals surface area (Å²) in [5.41, 5.74) is 4.36. The van der Waals surface area contributed by atoms with Crippen LogP contribution in [0.2, 0.25) is 0 Å². The van der Waals surface area contributed by atoms with Crippen molar-refractivity contribution in [1.82, 2.24) is 15.4 Å². The molecule has 0 saturated carbocycles. The fraction of sp³-hybridized carbons (Fsp3) is 0.524. The zero-order valence-corrected chi connectivity index (χ0v) is 16.1. The molecule has 6 heteroatoms. The van der Waals surface area contributed by atoms with Crippen LogP contribution in [0.3, 0.4) is 0 Å². The third-order valence-electron chi connectivity index (χ3n) is 5.84. The summed E-state index contributed by atoms with van der Waals surface area (Å²) < 4.78 is 11.4. The number of nitrogens with zero attached hydrogens (tertiary/aromatic N) is 2. The van der Waals surface area contributed by atoms with Gasteiger partial charge in [0.15, 0.2) is 0 Å². The topological polar surface area (TPSA) is 67.6 Å². The molecule has 1 fully saturated rings. The van der Waals surface area contributed by atoms with Crippen molar-refractivity contribution in [2.24, 2.45) is 0 Å². The lowest BCUT2D eigenvalue weighted by molar-refractivity contribution is -0.101. The number of benzene rings is 1. The predicted molar refractivity (Wildman–Crippen MR) is 102 cm³/mol. The van der Waals surface area contributed by atoms with Crippen LogP contribution in [0.5, 0.6) is 0 Å². The fourth-order valence-electron chi connectivity index (χ4n) is 4.36. The molecule has 1 aromatic carbocycles. The molecule has 1 saturated heterocycles. The standard InChI is InChI=1S/C21H27N3O3/c1-15-18(16(2)27-23-15)7-5-11-22-20(25)24-12-13-26-21(14-24)10-9-17-6-3-4-8-19(17)21/h3-4,6,8H,5,7,9-14H2,1-2H3,(H,22,25)/t21-/m0/s1. The molecular weight excluding hydrogens is 342 g/mol. The average molecular weight is 369 g/mol. The van der Waals surface area contributed by atoms with Gasteiger partial charge in [0.2, 0.25) is 0 Å². The lowest BCUT2D eigenvalue weighted by Crippen LogP contribution is -2.53. The maximum Gasteiger partial charge on any atom is 0.317 e. The van der Waals surface area contributed by atoms with E-state index in [1.165, 1.54) is 11.1 Å². The fourth-order valence-corrected chi connectivity index (χ4v) is 4.36. The van der Waals surface area contributed by atoms with Gasteiger partial charge in [0.05, 0.1) is 18.8 Å². The van der Waals surface area contributed by atoms with Gasteiger partial charge in [-0.1, -0.05) is 29.4 Å². The number of aromatic nitrogens is 1. The predicted octanol–water partition coefficient (Wildman–Crippen LogP) is 3.11. The number of morpholine rings is 1. The highest BCUT2D eigenvalue weighted by Crippen LogP contribution is 2.42. The Morgan fingerprint density at radius 1 is 1.33 bits per heavy atom. The van der Waals surface area contributed by atoms with Crippen LogP contribution in [-0.2, 0) is 23.2 Å². The monoisotopic (exact) mass is 369 g/mol. The van der Waals surface area contributed by atoms with E-state index in [0.29, 0.717) is 26.2 Å². The van der Waals surface area contributed by atoms with E-state index in [9.17, 15) is 4.79 Å². The number of nitrogens with one attached hydrogen (secondary N) is 1. The molecule has 0 radical (unpaired) electrons. The summed E-state index contributed by atoms with van der Waals surface area (Å²) in [5.74, 6) is 0.869. The molecule has 4 rings (SSSR count). The number of hydrogen-bond donors (Lipinski definition) is 1. The molecule has 1 aliphatic carbocycles. The smallest absolute Gasteiger partial charge is 0.317 e. The second kappa shape index (κ2) is 7.35. The number of amides is 2.